The second-order valence-corrected chi connectivity index (χ2v) is 8.88. The fourth-order valence-corrected chi connectivity index (χ4v) is 6.01. The van der Waals surface area contributed by atoms with Crippen LogP contribution in [0.1, 0.15) is 68.2 Å². The normalized spacial score (nSPS) is 30.7. The van der Waals surface area contributed by atoms with Crippen molar-refractivity contribution in [2.45, 2.75) is 56.9 Å². The Kier molecular flexibility index (Phi) is 4.19. The van der Waals surface area contributed by atoms with E-state index in [9.17, 15) is 4.79 Å². The zero-order chi connectivity index (χ0) is 17.5. The standard InChI is InChI=1S/C19H25N5OS/c25-19(24-6-2-1-3-17(24)14-9-20-21-10-14)23-18-22-16(11-26-18)15-8-12-4-5-13(15)7-12/h9-13,15,17H,1-8H2,(H,20,21)(H,22,23,25). The van der Waals surface area contributed by atoms with Crippen molar-refractivity contribution < 1.29 is 4.79 Å². The van der Waals surface area contributed by atoms with E-state index in [2.05, 4.69) is 20.9 Å². The molecule has 0 spiro atoms. The SMILES string of the molecule is O=C(Nc1nc(C2CC3CCC2C3)cs1)N1CCCCC1c1cn[nH]c1. The van der Waals surface area contributed by atoms with E-state index in [0.29, 0.717) is 5.92 Å². The molecule has 5 rings (SSSR count). The van der Waals surface area contributed by atoms with Gasteiger partial charge in [0.25, 0.3) is 0 Å². The number of aromatic nitrogens is 3. The number of anilines is 1. The van der Waals surface area contributed by atoms with Crippen molar-refractivity contribution in [3.63, 3.8) is 0 Å². The molecule has 0 aromatic carbocycles. The van der Waals surface area contributed by atoms with Gasteiger partial charge >= 0.3 is 6.03 Å². The fraction of sp³-hybridized carbons (Fsp3) is 0.632. The number of nitrogens with one attached hydrogen (secondary N) is 2. The summed E-state index contributed by atoms with van der Waals surface area (Å²) < 4.78 is 0. The minimum absolute atomic E-state index is 0.0373. The first-order valence-electron chi connectivity index (χ1n) is 9.79. The number of nitrogens with zero attached hydrogens (tertiary/aromatic N) is 3. The molecule has 3 heterocycles. The van der Waals surface area contributed by atoms with Crippen LogP contribution in [0.4, 0.5) is 9.93 Å². The molecular formula is C19H25N5OS. The van der Waals surface area contributed by atoms with Gasteiger partial charge in [-0.1, -0.05) is 6.42 Å². The molecule has 7 heteroatoms. The molecule has 0 radical (unpaired) electrons. The van der Waals surface area contributed by atoms with E-state index < -0.39 is 0 Å². The van der Waals surface area contributed by atoms with Crippen LogP contribution in [0.3, 0.4) is 0 Å². The van der Waals surface area contributed by atoms with Crippen LogP contribution in [0, 0.1) is 11.8 Å². The molecule has 26 heavy (non-hydrogen) atoms. The van der Waals surface area contributed by atoms with E-state index >= 15 is 0 Å². The molecule has 2 amide bonds. The van der Waals surface area contributed by atoms with E-state index in [1.165, 1.54) is 31.4 Å². The number of carbonyl (C=O) groups is 1. The predicted octanol–water partition coefficient (Wildman–Crippen LogP) is 4.53. The second kappa shape index (κ2) is 6.68. The van der Waals surface area contributed by atoms with Gasteiger partial charge in [0.2, 0.25) is 0 Å². The van der Waals surface area contributed by atoms with Crippen LogP contribution in [0.2, 0.25) is 0 Å². The van der Waals surface area contributed by atoms with E-state index in [4.69, 9.17) is 4.98 Å². The Morgan fingerprint density at radius 3 is 3.00 bits per heavy atom. The van der Waals surface area contributed by atoms with E-state index in [1.54, 1.807) is 11.3 Å². The molecule has 2 N–H and O–H groups in total. The molecule has 4 atom stereocenters. The molecular weight excluding hydrogens is 346 g/mol. The first-order valence-corrected chi connectivity index (χ1v) is 10.7. The number of hydrogen-bond donors (Lipinski definition) is 2. The molecule has 2 aromatic heterocycles. The van der Waals surface area contributed by atoms with Crippen molar-refractivity contribution in [1.82, 2.24) is 20.1 Å². The monoisotopic (exact) mass is 371 g/mol. The number of thiazole rings is 1. The van der Waals surface area contributed by atoms with Gasteiger partial charge in [-0.3, -0.25) is 10.4 Å². The van der Waals surface area contributed by atoms with E-state index in [1.807, 2.05) is 17.3 Å². The van der Waals surface area contributed by atoms with Crippen LogP contribution in [0.25, 0.3) is 0 Å². The van der Waals surface area contributed by atoms with Gasteiger partial charge in [-0.05, 0) is 50.4 Å². The molecule has 6 nitrogen and oxygen atoms in total. The summed E-state index contributed by atoms with van der Waals surface area (Å²) in [5, 5.41) is 12.9. The summed E-state index contributed by atoms with van der Waals surface area (Å²) in [5.41, 5.74) is 2.28. The van der Waals surface area contributed by atoms with Gasteiger partial charge < -0.3 is 4.90 Å². The van der Waals surface area contributed by atoms with Crippen molar-refractivity contribution in [3.05, 3.63) is 29.0 Å². The number of likely N-dealkylation sites (tertiary alicyclic amines) is 1. The number of urea groups is 1. The third-order valence-corrected chi connectivity index (χ3v) is 7.30. The number of piperidine rings is 1. The Labute approximate surface area is 157 Å². The molecule has 3 aliphatic rings. The van der Waals surface area contributed by atoms with Crippen LogP contribution in [-0.4, -0.2) is 32.7 Å². The van der Waals surface area contributed by atoms with Gasteiger partial charge in [0.05, 0.1) is 17.9 Å². The number of rotatable bonds is 3. The fourth-order valence-electron chi connectivity index (χ4n) is 5.25. The van der Waals surface area contributed by atoms with E-state index in [0.717, 1.165) is 48.3 Å². The summed E-state index contributed by atoms with van der Waals surface area (Å²) in [4.78, 5) is 19.6. The predicted molar refractivity (Wildman–Crippen MR) is 101 cm³/mol. The molecule has 2 saturated carbocycles. The Hall–Kier alpha value is -1.89. The molecule has 138 valence electrons. The molecule has 2 aliphatic carbocycles. The third kappa shape index (κ3) is 2.92. The minimum Gasteiger partial charge on any atom is -0.317 e. The number of aromatic amines is 1. The van der Waals surface area contributed by atoms with Gasteiger partial charge in [-0.2, -0.15) is 5.10 Å². The van der Waals surface area contributed by atoms with Crippen LogP contribution >= 0.6 is 11.3 Å². The average Bonchev–Trinajstić information content (AvgIpc) is 3.45. The number of H-pyrrole nitrogens is 1. The summed E-state index contributed by atoms with van der Waals surface area (Å²) in [6, 6.07) is 0.0669. The quantitative estimate of drug-likeness (QED) is 0.832. The van der Waals surface area contributed by atoms with Gasteiger partial charge in [0, 0.05) is 29.6 Å². The van der Waals surface area contributed by atoms with Crippen molar-refractivity contribution in [2.75, 3.05) is 11.9 Å². The number of hydrogen-bond acceptors (Lipinski definition) is 4. The minimum atomic E-state index is -0.0373. The highest BCUT2D eigenvalue weighted by molar-refractivity contribution is 7.13. The first-order chi connectivity index (χ1) is 12.8. The maximum absolute atomic E-state index is 12.9. The van der Waals surface area contributed by atoms with Gasteiger partial charge in [0.1, 0.15) is 0 Å². The number of fused-ring (bicyclic) bond motifs is 2. The zero-order valence-electron chi connectivity index (χ0n) is 14.9. The Morgan fingerprint density at radius 2 is 2.23 bits per heavy atom. The number of carbonyl (C=O) groups excluding carboxylic acids is 1. The van der Waals surface area contributed by atoms with Gasteiger partial charge in [-0.25, -0.2) is 9.78 Å². The van der Waals surface area contributed by atoms with Crippen LogP contribution < -0.4 is 5.32 Å². The lowest BCUT2D eigenvalue weighted by atomic mass is 9.87. The largest absolute Gasteiger partial charge is 0.324 e. The summed E-state index contributed by atoms with van der Waals surface area (Å²) in [5.74, 6) is 2.34. The third-order valence-electron chi connectivity index (χ3n) is 6.52. The molecule has 2 aromatic rings. The maximum atomic E-state index is 12.9. The lowest BCUT2D eigenvalue weighted by Crippen LogP contribution is -2.41. The van der Waals surface area contributed by atoms with E-state index in [-0.39, 0.29) is 12.1 Å². The smallest absolute Gasteiger partial charge is 0.317 e. The summed E-state index contributed by atoms with van der Waals surface area (Å²) in [6.45, 7) is 0.784. The molecule has 4 unspecified atom stereocenters. The van der Waals surface area contributed by atoms with Crippen molar-refractivity contribution in [1.29, 1.82) is 0 Å². The maximum Gasteiger partial charge on any atom is 0.324 e. The zero-order valence-corrected chi connectivity index (χ0v) is 15.7. The molecule has 3 fully saturated rings. The Balaban J connectivity index is 1.28. The van der Waals surface area contributed by atoms with Crippen LogP contribution in [-0.2, 0) is 0 Å². The lowest BCUT2D eigenvalue weighted by molar-refractivity contribution is 0.163. The van der Waals surface area contributed by atoms with Gasteiger partial charge in [0.15, 0.2) is 5.13 Å². The Morgan fingerprint density at radius 1 is 1.27 bits per heavy atom. The molecule has 2 bridgehead atoms. The van der Waals surface area contributed by atoms with Crippen LogP contribution in [0.15, 0.2) is 17.8 Å². The second-order valence-electron chi connectivity index (χ2n) is 8.03. The van der Waals surface area contributed by atoms with Gasteiger partial charge in [-0.15, -0.1) is 11.3 Å². The first kappa shape index (κ1) is 16.3. The summed E-state index contributed by atoms with van der Waals surface area (Å²) in [6.07, 6.45) is 12.3. The van der Waals surface area contributed by atoms with Crippen molar-refractivity contribution >= 4 is 22.5 Å². The number of amides is 2. The Bertz CT molecular complexity index is 773. The highest BCUT2D eigenvalue weighted by Crippen LogP contribution is 2.53. The highest BCUT2D eigenvalue weighted by Gasteiger charge is 2.41. The van der Waals surface area contributed by atoms with Crippen LogP contribution in [0.5, 0.6) is 0 Å². The lowest BCUT2D eigenvalue weighted by Gasteiger charge is -2.34. The highest BCUT2D eigenvalue weighted by atomic mass is 32.1. The summed E-state index contributed by atoms with van der Waals surface area (Å²) in [7, 11) is 0. The molecule has 1 saturated heterocycles. The summed E-state index contributed by atoms with van der Waals surface area (Å²) >= 11 is 1.57. The topological polar surface area (TPSA) is 73.9 Å². The van der Waals surface area contributed by atoms with Crippen molar-refractivity contribution in [3.8, 4) is 0 Å². The average molecular weight is 372 g/mol. The molecule has 1 aliphatic heterocycles. The van der Waals surface area contributed by atoms with Crippen molar-refractivity contribution in [2.24, 2.45) is 11.8 Å².